The Kier molecular flexibility index (Phi) is 2.48. The minimum Gasteiger partial charge on any atom is -0.388 e. The number of nitrogens with two attached hydrogens (primary N) is 1. The lowest BCUT2D eigenvalue weighted by molar-refractivity contribution is 0.0443. The Morgan fingerprint density at radius 1 is 1.39 bits per heavy atom. The second-order valence-corrected chi connectivity index (χ2v) is 5.82. The molecule has 1 aliphatic heterocycles. The molecule has 5 heteroatoms. The first-order valence-corrected chi connectivity index (χ1v) is 6.60. The summed E-state index contributed by atoms with van der Waals surface area (Å²) in [5.74, 6) is 1.54. The van der Waals surface area contributed by atoms with Crippen LogP contribution in [0.4, 0.5) is 11.8 Å². The van der Waals surface area contributed by atoms with Crippen LogP contribution in [-0.2, 0) is 12.8 Å². The molecule has 1 aromatic rings. The molecule has 2 heterocycles. The van der Waals surface area contributed by atoms with Gasteiger partial charge in [0.2, 0.25) is 5.95 Å². The lowest BCUT2D eigenvalue weighted by atomic mass is 9.95. The maximum absolute atomic E-state index is 10.3. The van der Waals surface area contributed by atoms with E-state index in [1.807, 2.05) is 6.92 Å². The molecule has 5 nitrogen and oxygen atoms in total. The topological polar surface area (TPSA) is 75.3 Å². The van der Waals surface area contributed by atoms with Crippen LogP contribution in [0, 0.1) is 5.92 Å². The van der Waals surface area contributed by atoms with Crippen molar-refractivity contribution in [3.63, 3.8) is 0 Å². The lowest BCUT2D eigenvalue weighted by Gasteiger charge is -2.22. The van der Waals surface area contributed by atoms with Crippen molar-refractivity contribution in [1.29, 1.82) is 0 Å². The first-order chi connectivity index (χ1) is 8.47. The molecular weight excluding hydrogens is 228 g/mol. The van der Waals surface area contributed by atoms with Crippen LogP contribution in [0.15, 0.2) is 0 Å². The summed E-state index contributed by atoms with van der Waals surface area (Å²) in [6, 6.07) is 0. The number of nitrogens with zero attached hydrogens (tertiary/aromatic N) is 3. The van der Waals surface area contributed by atoms with Gasteiger partial charge in [0.05, 0.1) is 11.3 Å². The van der Waals surface area contributed by atoms with Crippen LogP contribution < -0.4 is 10.6 Å². The number of rotatable bonds is 1. The molecule has 0 radical (unpaired) electrons. The first-order valence-electron chi connectivity index (χ1n) is 6.60. The standard InChI is InChI=1S/C13H20N4O/c1-8-6-17(7-13(8,2)18)11-9-4-3-5-10(9)15-12(14)16-11/h8,18H,3-7H2,1-2H3,(H2,14,15,16)/t8-,13+/m1/s1. The van der Waals surface area contributed by atoms with Crippen LogP contribution in [-0.4, -0.2) is 33.8 Å². The molecule has 0 amide bonds. The third-order valence-electron chi connectivity index (χ3n) is 4.29. The van der Waals surface area contributed by atoms with Crippen LogP contribution >= 0.6 is 0 Å². The number of aryl methyl sites for hydroxylation is 1. The normalized spacial score (nSPS) is 30.8. The molecule has 2 atom stereocenters. The van der Waals surface area contributed by atoms with Gasteiger partial charge in [-0.15, -0.1) is 0 Å². The zero-order valence-electron chi connectivity index (χ0n) is 11.0. The summed E-state index contributed by atoms with van der Waals surface area (Å²) in [6.07, 6.45) is 3.15. The molecule has 0 saturated carbocycles. The van der Waals surface area contributed by atoms with Gasteiger partial charge in [0.25, 0.3) is 0 Å². The molecule has 3 N–H and O–H groups in total. The molecule has 0 spiro atoms. The van der Waals surface area contributed by atoms with Gasteiger partial charge in [-0.05, 0) is 26.2 Å². The number of fused-ring (bicyclic) bond motifs is 1. The predicted molar refractivity (Wildman–Crippen MR) is 70.5 cm³/mol. The highest BCUT2D eigenvalue weighted by Gasteiger charge is 2.40. The van der Waals surface area contributed by atoms with Crippen molar-refractivity contribution in [1.82, 2.24) is 9.97 Å². The van der Waals surface area contributed by atoms with Gasteiger partial charge < -0.3 is 15.7 Å². The maximum Gasteiger partial charge on any atom is 0.222 e. The Morgan fingerprint density at radius 3 is 2.83 bits per heavy atom. The van der Waals surface area contributed by atoms with E-state index in [0.29, 0.717) is 12.5 Å². The van der Waals surface area contributed by atoms with Gasteiger partial charge in [0.1, 0.15) is 5.82 Å². The molecule has 1 aliphatic carbocycles. The van der Waals surface area contributed by atoms with Gasteiger partial charge >= 0.3 is 0 Å². The molecule has 1 saturated heterocycles. The van der Waals surface area contributed by atoms with Crippen LogP contribution in [0.5, 0.6) is 0 Å². The van der Waals surface area contributed by atoms with Gasteiger partial charge in [-0.2, -0.15) is 4.98 Å². The van der Waals surface area contributed by atoms with Gasteiger partial charge in [-0.1, -0.05) is 6.92 Å². The molecule has 1 aromatic heterocycles. The van der Waals surface area contributed by atoms with Crippen molar-refractivity contribution in [2.75, 3.05) is 23.7 Å². The summed E-state index contributed by atoms with van der Waals surface area (Å²) in [7, 11) is 0. The van der Waals surface area contributed by atoms with Crippen molar-refractivity contribution in [3.8, 4) is 0 Å². The van der Waals surface area contributed by atoms with Gasteiger partial charge in [0, 0.05) is 24.6 Å². The third kappa shape index (κ3) is 1.73. The predicted octanol–water partition coefficient (Wildman–Crippen LogP) is 0.755. The average Bonchev–Trinajstić information content (AvgIpc) is 2.83. The fourth-order valence-electron chi connectivity index (χ4n) is 2.99. The summed E-state index contributed by atoms with van der Waals surface area (Å²) < 4.78 is 0. The smallest absolute Gasteiger partial charge is 0.222 e. The Labute approximate surface area is 107 Å². The summed E-state index contributed by atoms with van der Waals surface area (Å²) in [5.41, 5.74) is 7.47. The number of aromatic nitrogens is 2. The van der Waals surface area contributed by atoms with E-state index < -0.39 is 5.60 Å². The largest absolute Gasteiger partial charge is 0.388 e. The first kappa shape index (κ1) is 11.7. The quantitative estimate of drug-likeness (QED) is 0.767. The molecular formula is C13H20N4O. The number of hydrogen-bond donors (Lipinski definition) is 2. The Hall–Kier alpha value is -1.36. The molecule has 1 fully saturated rings. The number of aliphatic hydroxyl groups is 1. The number of nitrogen functional groups attached to an aromatic ring is 1. The molecule has 0 bridgehead atoms. The Morgan fingerprint density at radius 2 is 2.17 bits per heavy atom. The zero-order valence-corrected chi connectivity index (χ0v) is 11.0. The van der Waals surface area contributed by atoms with Crippen LogP contribution in [0.25, 0.3) is 0 Å². The van der Waals surface area contributed by atoms with Crippen LogP contribution in [0.1, 0.15) is 31.5 Å². The number of β-amino-alcohol motifs (C(OH)–C–C–N with tert-alkyl or cyclic N) is 1. The fraction of sp³-hybridized carbons (Fsp3) is 0.692. The van der Waals surface area contributed by atoms with E-state index in [-0.39, 0.29) is 5.92 Å². The zero-order chi connectivity index (χ0) is 12.9. The second kappa shape index (κ2) is 3.82. The minimum absolute atomic E-state index is 0.241. The van der Waals surface area contributed by atoms with Crippen molar-refractivity contribution in [3.05, 3.63) is 11.3 Å². The highest BCUT2D eigenvalue weighted by atomic mass is 16.3. The number of hydrogen-bond acceptors (Lipinski definition) is 5. The third-order valence-corrected chi connectivity index (χ3v) is 4.29. The summed E-state index contributed by atoms with van der Waals surface area (Å²) in [6.45, 7) is 5.42. The second-order valence-electron chi connectivity index (χ2n) is 5.82. The Bertz CT molecular complexity index is 486. The monoisotopic (exact) mass is 248 g/mol. The molecule has 0 aromatic carbocycles. The van der Waals surface area contributed by atoms with Crippen LogP contribution in [0.3, 0.4) is 0 Å². The molecule has 18 heavy (non-hydrogen) atoms. The van der Waals surface area contributed by atoms with Crippen molar-refractivity contribution in [2.24, 2.45) is 5.92 Å². The lowest BCUT2D eigenvalue weighted by Crippen LogP contribution is -2.33. The summed E-state index contributed by atoms with van der Waals surface area (Å²) >= 11 is 0. The highest BCUT2D eigenvalue weighted by Crippen LogP contribution is 2.35. The maximum atomic E-state index is 10.3. The van der Waals surface area contributed by atoms with E-state index in [4.69, 9.17) is 5.73 Å². The summed E-state index contributed by atoms with van der Waals surface area (Å²) in [5, 5.41) is 10.3. The fourth-order valence-corrected chi connectivity index (χ4v) is 2.99. The Balaban J connectivity index is 1.99. The molecule has 3 rings (SSSR count). The summed E-state index contributed by atoms with van der Waals surface area (Å²) in [4.78, 5) is 10.9. The van der Waals surface area contributed by atoms with E-state index in [2.05, 4.69) is 21.8 Å². The molecule has 0 unspecified atom stereocenters. The number of anilines is 2. The van der Waals surface area contributed by atoms with Gasteiger partial charge in [-0.3, -0.25) is 0 Å². The van der Waals surface area contributed by atoms with Crippen molar-refractivity contribution >= 4 is 11.8 Å². The van der Waals surface area contributed by atoms with Crippen LogP contribution in [0.2, 0.25) is 0 Å². The SMILES string of the molecule is C[C@@H]1CN(c2nc(N)nc3c2CCC3)C[C@]1(C)O. The highest BCUT2D eigenvalue weighted by molar-refractivity contribution is 5.54. The average molecular weight is 248 g/mol. The van der Waals surface area contributed by atoms with E-state index in [9.17, 15) is 5.11 Å². The van der Waals surface area contributed by atoms with E-state index in [1.165, 1.54) is 5.56 Å². The van der Waals surface area contributed by atoms with E-state index in [1.54, 1.807) is 0 Å². The minimum atomic E-state index is -0.648. The van der Waals surface area contributed by atoms with Crippen molar-refractivity contribution in [2.45, 2.75) is 38.7 Å². The van der Waals surface area contributed by atoms with Gasteiger partial charge in [-0.25, -0.2) is 4.98 Å². The van der Waals surface area contributed by atoms with Crippen molar-refractivity contribution < 1.29 is 5.11 Å². The van der Waals surface area contributed by atoms with Gasteiger partial charge in [0.15, 0.2) is 0 Å². The van der Waals surface area contributed by atoms with E-state index >= 15 is 0 Å². The molecule has 2 aliphatic rings. The van der Waals surface area contributed by atoms with E-state index in [0.717, 1.165) is 37.3 Å². The molecule has 98 valence electrons.